The number of urea groups is 1. The summed E-state index contributed by atoms with van der Waals surface area (Å²) in [5.41, 5.74) is 2.43. The lowest BCUT2D eigenvalue weighted by Gasteiger charge is -2.09. The average molecular weight is 307 g/mol. The number of nitrogens with one attached hydrogen (secondary N) is 2. The van der Waals surface area contributed by atoms with Gasteiger partial charge in [0.1, 0.15) is 5.82 Å². The molecule has 0 aliphatic carbocycles. The first kappa shape index (κ1) is 15.3. The van der Waals surface area contributed by atoms with E-state index in [0.717, 1.165) is 11.1 Å². The predicted molar refractivity (Wildman–Crippen MR) is 83.3 cm³/mol. The van der Waals surface area contributed by atoms with Crippen molar-refractivity contribution in [2.75, 3.05) is 11.9 Å². The van der Waals surface area contributed by atoms with Gasteiger partial charge in [0.25, 0.3) is 0 Å². The van der Waals surface area contributed by atoms with E-state index in [-0.39, 0.29) is 11.8 Å². The standard InChI is InChI=1S/C16H16ClFN2O/c1-11-5-6-14(10-15(11)17)20-16(21)19-8-7-12-3-2-4-13(18)9-12/h2-6,9-10H,7-8H2,1H3,(H2,19,20,21). The lowest BCUT2D eigenvalue weighted by Crippen LogP contribution is -2.30. The van der Waals surface area contributed by atoms with E-state index in [1.807, 2.05) is 19.1 Å². The van der Waals surface area contributed by atoms with Crippen molar-refractivity contribution >= 4 is 23.3 Å². The zero-order valence-electron chi connectivity index (χ0n) is 11.6. The molecule has 0 atom stereocenters. The monoisotopic (exact) mass is 306 g/mol. The number of carbonyl (C=O) groups is 1. The highest BCUT2D eigenvalue weighted by Gasteiger charge is 2.03. The van der Waals surface area contributed by atoms with Crippen LogP contribution in [0.2, 0.25) is 5.02 Å². The van der Waals surface area contributed by atoms with Crippen LogP contribution in [0.1, 0.15) is 11.1 Å². The van der Waals surface area contributed by atoms with E-state index in [2.05, 4.69) is 10.6 Å². The van der Waals surface area contributed by atoms with E-state index >= 15 is 0 Å². The molecule has 0 fully saturated rings. The van der Waals surface area contributed by atoms with Crippen molar-refractivity contribution in [1.82, 2.24) is 5.32 Å². The van der Waals surface area contributed by atoms with Crippen LogP contribution in [-0.2, 0) is 6.42 Å². The van der Waals surface area contributed by atoms with Crippen LogP contribution < -0.4 is 10.6 Å². The van der Waals surface area contributed by atoms with E-state index < -0.39 is 0 Å². The second-order valence-corrected chi connectivity index (χ2v) is 5.13. The minimum absolute atomic E-state index is 0.272. The van der Waals surface area contributed by atoms with Gasteiger partial charge < -0.3 is 10.6 Å². The Bertz CT molecular complexity index is 646. The summed E-state index contributed by atoms with van der Waals surface area (Å²) in [7, 11) is 0. The Labute approximate surface area is 128 Å². The summed E-state index contributed by atoms with van der Waals surface area (Å²) < 4.78 is 13.0. The molecule has 0 aliphatic heterocycles. The smallest absolute Gasteiger partial charge is 0.319 e. The number of hydrogen-bond acceptors (Lipinski definition) is 1. The minimum atomic E-state index is -0.314. The largest absolute Gasteiger partial charge is 0.338 e. The first-order chi connectivity index (χ1) is 10.0. The Morgan fingerprint density at radius 2 is 2.05 bits per heavy atom. The number of anilines is 1. The molecule has 3 nitrogen and oxygen atoms in total. The summed E-state index contributed by atoms with van der Waals surface area (Å²) in [6.07, 6.45) is 0.569. The van der Waals surface area contributed by atoms with E-state index in [4.69, 9.17) is 11.6 Å². The van der Waals surface area contributed by atoms with Gasteiger partial charge in [-0.1, -0.05) is 29.8 Å². The third kappa shape index (κ3) is 4.76. The summed E-state index contributed by atoms with van der Waals surface area (Å²) in [4.78, 5) is 11.7. The number of halogens is 2. The number of benzene rings is 2. The van der Waals surface area contributed by atoms with E-state index in [9.17, 15) is 9.18 Å². The Hall–Kier alpha value is -2.07. The molecule has 0 saturated carbocycles. The Kier molecular flexibility index (Phi) is 5.17. The van der Waals surface area contributed by atoms with Gasteiger partial charge in [0.15, 0.2) is 0 Å². The molecule has 2 N–H and O–H groups in total. The normalized spacial score (nSPS) is 10.2. The summed E-state index contributed by atoms with van der Waals surface area (Å²) >= 11 is 5.99. The molecule has 0 saturated heterocycles. The maximum atomic E-state index is 13.0. The van der Waals surface area contributed by atoms with Gasteiger partial charge in [-0.05, 0) is 48.7 Å². The van der Waals surface area contributed by atoms with Crippen LogP contribution in [0.4, 0.5) is 14.9 Å². The van der Waals surface area contributed by atoms with Crippen LogP contribution >= 0.6 is 11.6 Å². The van der Waals surface area contributed by atoms with Gasteiger partial charge in [0.2, 0.25) is 0 Å². The van der Waals surface area contributed by atoms with Gasteiger partial charge in [-0.15, -0.1) is 0 Å². The molecule has 0 aliphatic rings. The molecule has 0 aromatic heterocycles. The number of carbonyl (C=O) groups excluding carboxylic acids is 1. The topological polar surface area (TPSA) is 41.1 Å². The summed E-state index contributed by atoms with van der Waals surface area (Å²) in [6.45, 7) is 2.32. The molecule has 0 bridgehead atoms. The fourth-order valence-corrected chi connectivity index (χ4v) is 2.04. The van der Waals surface area contributed by atoms with Crippen LogP contribution in [0.5, 0.6) is 0 Å². The Morgan fingerprint density at radius 1 is 1.24 bits per heavy atom. The second-order valence-electron chi connectivity index (χ2n) is 4.72. The molecule has 0 radical (unpaired) electrons. The first-order valence-electron chi connectivity index (χ1n) is 6.60. The summed E-state index contributed by atoms with van der Waals surface area (Å²) in [6, 6.07) is 11.3. The van der Waals surface area contributed by atoms with Crippen LogP contribution in [0.3, 0.4) is 0 Å². The number of hydrogen-bond donors (Lipinski definition) is 2. The Morgan fingerprint density at radius 3 is 2.76 bits per heavy atom. The molecular weight excluding hydrogens is 291 g/mol. The first-order valence-corrected chi connectivity index (χ1v) is 6.98. The molecule has 0 spiro atoms. The zero-order chi connectivity index (χ0) is 15.2. The average Bonchev–Trinajstić information content (AvgIpc) is 2.43. The van der Waals surface area contributed by atoms with Crippen molar-refractivity contribution in [1.29, 1.82) is 0 Å². The Balaban J connectivity index is 1.81. The van der Waals surface area contributed by atoms with Crippen molar-refractivity contribution in [2.45, 2.75) is 13.3 Å². The van der Waals surface area contributed by atoms with Gasteiger partial charge in [-0.3, -0.25) is 0 Å². The molecule has 2 aromatic rings. The number of rotatable bonds is 4. The lowest BCUT2D eigenvalue weighted by molar-refractivity contribution is 0.252. The predicted octanol–water partition coefficient (Wildman–Crippen LogP) is 4.15. The van der Waals surface area contributed by atoms with Gasteiger partial charge >= 0.3 is 6.03 Å². The maximum Gasteiger partial charge on any atom is 0.319 e. The number of aryl methyl sites for hydroxylation is 1. The van der Waals surface area contributed by atoms with Gasteiger partial charge in [-0.25, -0.2) is 9.18 Å². The van der Waals surface area contributed by atoms with Crippen LogP contribution in [0.15, 0.2) is 42.5 Å². The van der Waals surface area contributed by atoms with E-state index in [0.29, 0.717) is 23.7 Å². The molecule has 21 heavy (non-hydrogen) atoms. The van der Waals surface area contributed by atoms with Crippen molar-refractivity contribution in [3.05, 3.63) is 64.4 Å². The van der Waals surface area contributed by atoms with Crippen LogP contribution in [-0.4, -0.2) is 12.6 Å². The summed E-state index contributed by atoms with van der Waals surface area (Å²) in [5.74, 6) is -0.272. The van der Waals surface area contributed by atoms with E-state index in [1.54, 1.807) is 18.2 Å². The molecule has 110 valence electrons. The molecule has 0 unspecified atom stereocenters. The van der Waals surface area contributed by atoms with Crippen molar-refractivity contribution in [3.8, 4) is 0 Å². The summed E-state index contributed by atoms with van der Waals surface area (Å²) in [5, 5.41) is 6.02. The van der Waals surface area contributed by atoms with E-state index in [1.165, 1.54) is 12.1 Å². The molecule has 2 rings (SSSR count). The fraction of sp³-hybridized carbons (Fsp3) is 0.188. The van der Waals surface area contributed by atoms with Crippen molar-refractivity contribution in [2.24, 2.45) is 0 Å². The van der Waals surface area contributed by atoms with Crippen molar-refractivity contribution in [3.63, 3.8) is 0 Å². The highest BCUT2D eigenvalue weighted by Crippen LogP contribution is 2.19. The molecule has 5 heteroatoms. The highest BCUT2D eigenvalue weighted by molar-refractivity contribution is 6.31. The SMILES string of the molecule is Cc1ccc(NC(=O)NCCc2cccc(F)c2)cc1Cl. The third-order valence-corrected chi connectivity index (χ3v) is 3.43. The fourth-order valence-electron chi connectivity index (χ4n) is 1.86. The van der Waals surface area contributed by atoms with Gasteiger partial charge in [-0.2, -0.15) is 0 Å². The highest BCUT2D eigenvalue weighted by atomic mass is 35.5. The second kappa shape index (κ2) is 7.09. The quantitative estimate of drug-likeness (QED) is 0.875. The van der Waals surface area contributed by atoms with Crippen LogP contribution in [0.25, 0.3) is 0 Å². The third-order valence-electron chi connectivity index (χ3n) is 3.02. The van der Waals surface area contributed by atoms with Crippen LogP contribution in [0, 0.1) is 12.7 Å². The number of amides is 2. The van der Waals surface area contributed by atoms with Gasteiger partial charge in [0, 0.05) is 17.3 Å². The zero-order valence-corrected chi connectivity index (χ0v) is 12.4. The minimum Gasteiger partial charge on any atom is -0.338 e. The molecule has 2 aromatic carbocycles. The maximum absolute atomic E-state index is 13.0. The molecule has 0 heterocycles. The van der Waals surface area contributed by atoms with Crippen molar-refractivity contribution < 1.29 is 9.18 Å². The van der Waals surface area contributed by atoms with Gasteiger partial charge in [0.05, 0.1) is 0 Å². The molecule has 2 amide bonds. The molecular formula is C16H16ClFN2O. The lowest BCUT2D eigenvalue weighted by atomic mass is 10.1.